The number of hydrogen-bond acceptors (Lipinski definition) is 6. The van der Waals surface area contributed by atoms with Gasteiger partial charge in [0.1, 0.15) is 18.0 Å². The van der Waals surface area contributed by atoms with E-state index in [9.17, 15) is 18.0 Å². The summed E-state index contributed by atoms with van der Waals surface area (Å²) >= 11 is 5.67. The number of alkyl halides is 3. The number of hydrogen-bond donors (Lipinski definition) is 3. The maximum absolute atomic E-state index is 13.2. The lowest BCUT2D eigenvalue weighted by atomic mass is 10.1. The molecule has 0 aliphatic carbocycles. The van der Waals surface area contributed by atoms with E-state index in [4.69, 9.17) is 11.6 Å². The quantitative estimate of drug-likeness (QED) is 0.292. The third-order valence-corrected chi connectivity index (χ3v) is 5.58. The summed E-state index contributed by atoms with van der Waals surface area (Å²) in [7, 11) is 1.74. The zero-order valence-electron chi connectivity index (χ0n) is 19.4. The molecule has 0 saturated carbocycles. The molecule has 0 aliphatic heterocycles. The third-order valence-electron chi connectivity index (χ3n) is 5.25. The first-order chi connectivity index (χ1) is 17.0. The van der Waals surface area contributed by atoms with Crippen molar-refractivity contribution in [1.29, 1.82) is 0 Å². The van der Waals surface area contributed by atoms with Crippen molar-refractivity contribution in [2.24, 2.45) is 0 Å². The molecule has 0 unspecified atom stereocenters. The van der Waals surface area contributed by atoms with Crippen molar-refractivity contribution in [3.63, 3.8) is 0 Å². The molecule has 186 valence electrons. The van der Waals surface area contributed by atoms with Gasteiger partial charge < -0.3 is 16.0 Å². The minimum absolute atomic E-state index is 0.0235. The second kappa shape index (κ2) is 9.86. The number of carbonyl (C=O) groups is 1. The van der Waals surface area contributed by atoms with Crippen LogP contribution in [-0.2, 0) is 6.18 Å². The van der Waals surface area contributed by atoms with E-state index in [0.717, 1.165) is 23.4 Å². The van der Waals surface area contributed by atoms with Crippen molar-refractivity contribution in [2.45, 2.75) is 20.0 Å². The van der Waals surface area contributed by atoms with Gasteiger partial charge in [0.25, 0.3) is 5.91 Å². The number of nitrogens with zero attached hydrogens (tertiary/aromatic N) is 4. The van der Waals surface area contributed by atoms with Crippen LogP contribution in [0.15, 0.2) is 54.9 Å². The van der Waals surface area contributed by atoms with Crippen molar-refractivity contribution in [3.05, 3.63) is 82.3 Å². The fourth-order valence-corrected chi connectivity index (χ4v) is 3.65. The Kier molecular flexibility index (Phi) is 6.84. The maximum Gasteiger partial charge on any atom is 0.417 e. The van der Waals surface area contributed by atoms with Crippen LogP contribution in [0.25, 0.3) is 5.82 Å². The number of amides is 1. The molecule has 3 N–H and O–H groups in total. The summed E-state index contributed by atoms with van der Waals surface area (Å²) in [5.41, 5.74) is 1.37. The molecular weight excluding hydrogens is 495 g/mol. The summed E-state index contributed by atoms with van der Waals surface area (Å²) in [6, 6.07) is 11.7. The second-order valence-corrected chi connectivity index (χ2v) is 8.30. The summed E-state index contributed by atoms with van der Waals surface area (Å²) in [5, 5.41) is 12.8. The molecule has 1 amide bonds. The van der Waals surface area contributed by atoms with Gasteiger partial charge in [-0.25, -0.2) is 9.97 Å². The number of aryl methyl sites for hydroxylation is 2. The monoisotopic (exact) mass is 515 g/mol. The van der Waals surface area contributed by atoms with Gasteiger partial charge in [-0.3, -0.25) is 4.79 Å². The van der Waals surface area contributed by atoms with Gasteiger partial charge in [-0.05, 0) is 49.7 Å². The smallest absolute Gasteiger partial charge is 0.373 e. The molecule has 2 aromatic heterocycles. The van der Waals surface area contributed by atoms with Crippen LogP contribution in [-0.4, -0.2) is 32.7 Å². The number of nitrogens with one attached hydrogen (secondary N) is 3. The van der Waals surface area contributed by atoms with Crippen molar-refractivity contribution in [3.8, 4) is 5.82 Å². The van der Waals surface area contributed by atoms with Crippen LogP contribution in [0, 0.1) is 13.8 Å². The Hall–Kier alpha value is -4.12. The zero-order valence-corrected chi connectivity index (χ0v) is 20.2. The average Bonchev–Trinajstić information content (AvgIpc) is 3.21. The summed E-state index contributed by atoms with van der Waals surface area (Å²) in [6.07, 6.45) is -3.23. The first-order valence-corrected chi connectivity index (χ1v) is 11.1. The minimum Gasteiger partial charge on any atom is -0.373 e. The molecule has 4 rings (SSSR count). The standard InChI is InChI=1S/C24H21ClF3N7O/c1-13-4-5-15(23(36)32-16-6-7-18(25)17(10-16)24(26,27)28)9-19(13)33-22-8-14(2)34-35(22)21-11-20(29-3)30-12-31-21/h4-12,33H,1-3H3,(H,32,36)(H,29,30,31). The fourth-order valence-electron chi connectivity index (χ4n) is 3.42. The Morgan fingerprint density at radius 3 is 2.53 bits per heavy atom. The Morgan fingerprint density at radius 1 is 1.03 bits per heavy atom. The lowest BCUT2D eigenvalue weighted by Crippen LogP contribution is -2.14. The molecule has 36 heavy (non-hydrogen) atoms. The molecule has 0 fully saturated rings. The lowest BCUT2D eigenvalue weighted by Gasteiger charge is -2.14. The summed E-state index contributed by atoms with van der Waals surface area (Å²) in [4.78, 5) is 21.2. The fraction of sp³-hybridized carbons (Fsp3) is 0.167. The molecule has 0 atom stereocenters. The summed E-state index contributed by atoms with van der Waals surface area (Å²) in [5.74, 6) is 1.17. The summed E-state index contributed by atoms with van der Waals surface area (Å²) < 4.78 is 41.1. The van der Waals surface area contributed by atoms with E-state index in [1.54, 1.807) is 36.0 Å². The van der Waals surface area contributed by atoms with Crippen LogP contribution in [0.2, 0.25) is 5.02 Å². The zero-order chi connectivity index (χ0) is 26.0. The van der Waals surface area contributed by atoms with E-state index in [-0.39, 0.29) is 11.3 Å². The van der Waals surface area contributed by atoms with Crippen LogP contribution < -0.4 is 16.0 Å². The molecular formula is C24H21ClF3N7O. The molecule has 0 radical (unpaired) electrons. The van der Waals surface area contributed by atoms with Crippen LogP contribution in [0.3, 0.4) is 0 Å². The van der Waals surface area contributed by atoms with Crippen LogP contribution >= 0.6 is 11.6 Å². The van der Waals surface area contributed by atoms with Gasteiger partial charge in [0.2, 0.25) is 0 Å². The SMILES string of the molecule is CNc1cc(-n2nc(C)cc2Nc2cc(C(=O)Nc3ccc(Cl)c(C(F)(F)F)c3)ccc2C)ncn1. The van der Waals surface area contributed by atoms with Crippen molar-refractivity contribution >= 4 is 40.5 Å². The Labute approximate surface area is 209 Å². The van der Waals surface area contributed by atoms with Crippen molar-refractivity contribution < 1.29 is 18.0 Å². The van der Waals surface area contributed by atoms with E-state index >= 15 is 0 Å². The molecule has 0 saturated heterocycles. The lowest BCUT2D eigenvalue weighted by molar-refractivity contribution is -0.137. The predicted molar refractivity (Wildman–Crippen MR) is 132 cm³/mol. The molecule has 4 aromatic rings. The Balaban J connectivity index is 1.61. The van der Waals surface area contributed by atoms with E-state index < -0.39 is 22.7 Å². The van der Waals surface area contributed by atoms with Gasteiger partial charge in [0.15, 0.2) is 5.82 Å². The highest BCUT2D eigenvalue weighted by atomic mass is 35.5. The minimum atomic E-state index is -4.64. The highest BCUT2D eigenvalue weighted by Crippen LogP contribution is 2.36. The average molecular weight is 516 g/mol. The Bertz CT molecular complexity index is 1440. The number of halogens is 4. The molecule has 12 heteroatoms. The van der Waals surface area contributed by atoms with Crippen LogP contribution in [0.5, 0.6) is 0 Å². The first-order valence-electron chi connectivity index (χ1n) is 10.7. The van der Waals surface area contributed by atoms with Gasteiger partial charge in [-0.2, -0.15) is 23.0 Å². The van der Waals surface area contributed by atoms with E-state index in [0.29, 0.717) is 23.1 Å². The second-order valence-electron chi connectivity index (χ2n) is 7.90. The topological polar surface area (TPSA) is 96.8 Å². The van der Waals surface area contributed by atoms with Crippen LogP contribution in [0.1, 0.15) is 27.2 Å². The highest BCUT2D eigenvalue weighted by molar-refractivity contribution is 6.31. The largest absolute Gasteiger partial charge is 0.417 e. The molecule has 0 aliphatic rings. The summed E-state index contributed by atoms with van der Waals surface area (Å²) in [6.45, 7) is 3.69. The van der Waals surface area contributed by atoms with Crippen molar-refractivity contribution in [1.82, 2.24) is 19.7 Å². The number of rotatable bonds is 6. The predicted octanol–water partition coefficient (Wildman–Crippen LogP) is 5.99. The number of carbonyl (C=O) groups excluding carboxylic acids is 1. The molecule has 0 spiro atoms. The first kappa shape index (κ1) is 25.0. The van der Waals surface area contributed by atoms with Gasteiger partial charge in [-0.15, -0.1) is 0 Å². The van der Waals surface area contributed by atoms with E-state index in [1.807, 2.05) is 19.9 Å². The third kappa shape index (κ3) is 5.41. The van der Waals surface area contributed by atoms with Gasteiger partial charge in [0.05, 0.1) is 16.3 Å². The van der Waals surface area contributed by atoms with E-state index in [2.05, 4.69) is 31.0 Å². The van der Waals surface area contributed by atoms with Crippen LogP contribution in [0.4, 0.5) is 36.2 Å². The molecule has 2 heterocycles. The number of benzene rings is 2. The maximum atomic E-state index is 13.2. The number of anilines is 4. The number of aromatic nitrogens is 4. The molecule has 0 bridgehead atoms. The molecule has 2 aromatic carbocycles. The van der Waals surface area contributed by atoms with Gasteiger partial charge in [-0.1, -0.05) is 17.7 Å². The molecule has 8 nitrogen and oxygen atoms in total. The van der Waals surface area contributed by atoms with Crippen molar-refractivity contribution in [2.75, 3.05) is 23.0 Å². The highest BCUT2D eigenvalue weighted by Gasteiger charge is 2.33. The Morgan fingerprint density at radius 2 is 1.81 bits per heavy atom. The van der Waals surface area contributed by atoms with E-state index in [1.165, 1.54) is 12.4 Å². The van der Waals surface area contributed by atoms with Gasteiger partial charge in [0, 0.05) is 36.1 Å². The van der Waals surface area contributed by atoms with Gasteiger partial charge >= 0.3 is 6.18 Å². The normalized spacial score (nSPS) is 11.3.